The van der Waals surface area contributed by atoms with Crippen LogP contribution in [0.5, 0.6) is 11.5 Å². The number of benzene rings is 1. The number of aromatic carboxylic acids is 1. The molecule has 0 aliphatic carbocycles. The molecule has 0 atom stereocenters. The Morgan fingerprint density at radius 2 is 1.81 bits per heavy atom. The molecular formula is C10H8F2O4. The van der Waals surface area contributed by atoms with Crippen molar-refractivity contribution in [2.24, 2.45) is 0 Å². The third-order valence-corrected chi connectivity index (χ3v) is 2.18. The van der Waals surface area contributed by atoms with Gasteiger partial charge in [0.25, 0.3) is 6.43 Å². The maximum atomic E-state index is 12.6. The molecule has 1 heterocycles. The molecule has 16 heavy (non-hydrogen) atoms. The van der Waals surface area contributed by atoms with E-state index < -0.39 is 23.5 Å². The number of carboxylic acids is 1. The van der Waals surface area contributed by atoms with Crippen LogP contribution in [-0.2, 0) is 0 Å². The highest BCUT2D eigenvalue weighted by atomic mass is 19.3. The molecule has 0 saturated heterocycles. The predicted molar refractivity (Wildman–Crippen MR) is 49.3 cm³/mol. The van der Waals surface area contributed by atoms with Gasteiger partial charge in [-0.3, -0.25) is 0 Å². The number of halogens is 2. The number of carboxylic acid groups (broad SMARTS) is 1. The molecule has 2 rings (SSSR count). The van der Waals surface area contributed by atoms with Crippen molar-refractivity contribution >= 4 is 5.97 Å². The molecule has 0 amide bonds. The summed E-state index contributed by atoms with van der Waals surface area (Å²) in [5.41, 5.74) is -1.02. The number of ether oxygens (including phenoxy) is 2. The summed E-state index contributed by atoms with van der Waals surface area (Å²) in [6.07, 6.45) is -2.86. The van der Waals surface area contributed by atoms with E-state index >= 15 is 0 Å². The van der Waals surface area contributed by atoms with Gasteiger partial charge in [-0.15, -0.1) is 0 Å². The summed E-state index contributed by atoms with van der Waals surface area (Å²) in [6, 6.07) is 2.08. The van der Waals surface area contributed by atoms with Gasteiger partial charge in [0.05, 0.1) is 5.56 Å². The van der Waals surface area contributed by atoms with Gasteiger partial charge in [0.2, 0.25) is 0 Å². The molecule has 0 bridgehead atoms. The first-order chi connectivity index (χ1) is 7.59. The molecular weight excluding hydrogens is 222 g/mol. The Hall–Kier alpha value is -1.85. The van der Waals surface area contributed by atoms with Gasteiger partial charge in [-0.1, -0.05) is 0 Å². The predicted octanol–water partition coefficient (Wildman–Crippen LogP) is 2.09. The average Bonchev–Trinajstić information content (AvgIpc) is 2.27. The highest BCUT2D eigenvalue weighted by Gasteiger charge is 2.23. The van der Waals surface area contributed by atoms with E-state index in [2.05, 4.69) is 0 Å². The summed E-state index contributed by atoms with van der Waals surface area (Å²) < 4.78 is 35.4. The lowest BCUT2D eigenvalue weighted by atomic mass is 10.1. The fourth-order valence-corrected chi connectivity index (χ4v) is 1.47. The number of rotatable bonds is 2. The van der Waals surface area contributed by atoms with Crippen molar-refractivity contribution in [1.82, 2.24) is 0 Å². The molecule has 0 fully saturated rings. The second kappa shape index (κ2) is 3.96. The Morgan fingerprint density at radius 3 is 2.31 bits per heavy atom. The normalized spacial score (nSPS) is 13.9. The molecule has 0 saturated carbocycles. The van der Waals surface area contributed by atoms with E-state index in [-0.39, 0.29) is 24.7 Å². The molecule has 0 radical (unpaired) electrons. The van der Waals surface area contributed by atoms with E-state index in [0.29, 0.717) is 0 Å². The van der Waals surface area contributed by atoms with Crippen LogP contribution in [0, 0.1) is 0 Å². The minimum absolute atomic E-state index is 0.159. The number of fused-ring (bicyclic) bond motifs is 1. The van der Waals surface area contributed by atoms with E-state index in [0.717, 1.165) is 12.1 Å². The molecule has 1 aromatic carbocycles. The van der Waals surface area contributed by atoms with Gasteiger partial charge in [-0.05, 0) is 12.1 Å². The molecule has 0 unspecified atom stereocenters. The molecule has 0 aromatic heterocycles. The van der Waals surface area contributed by atoms with Crippen molar-refractivity contribution in [3.63, 3.8) is 0 Å². The monoisotopic (exact) mass is 230 g/mol. The summed E-state index contributed by atoms with van der Waals surface area (Å²) in [4.78, 5) is 10.8. The minimum atomic E-state index is -2.86. The topological polar surface area (TPSA) is 55.8 Å². The highest BCUT2D eigenvalue weighted by molar-refractivity contribution is 5.90. The van der Waals surface area contributed by atoms with Gasteiger partial charge < -0.3 is 14.6 Å². The molecule has 1 aliphatic rings. The largest absolute Gasteiger partial charge is 0.486 e. The summed E-state index contributed by atoms with van der Waals surface area (Å²) in [5, 5.41) is 8.79. The van der Waals surface area contributed by atoms with E-state index in [4.69, 9.17) is 14.6 Å². The SMILES string of the molecule is O=C(O)c1cc2c(cc1C(F)F)OCCO2. The zero-order valence-electron chi connectivity index (χ0n) is 8.07. The number of hydrogen-bond acceptors (Lipinski definition) is 3. The Bertz CT molecular complexity index is 431. The first-order valence-corrected chi connectivity index (χ1v) is 4.54. The second-order valence-electron chi connectivity index (χ2n) is 3.19. The van der Waals surface area contributed by atoms with Gasteiger partial charge in [-0.2, -0.15) is 0 Å². The fraction of sp³-hybridized carbons (Fsp3) is 0.300. The van der Waals surface area contributed by atoms with E-state index in [9.17, 15) is 13.6 Å². The van der Waals surface area contributed by atoms with Gasteiger partial charge in [0, 0.05) is 5.56 Å². The standard InChI is InChI=1S/C10H8F2O4/c11-9(12)5-3-7-8(16-2-1-15-7)4-6(5)10(13)14/h3-4,9H,1-2H2,(H,13,14). The maximum Gasteiger partial charge on any atom is 0.336 e. The molecule has 4 nitrogen and oxygen atoms in total. The van der Waals surface area contributed by atoms with Crippen LogP contribution in [0.15, 0.2) is 12.1 Å². The molecule has 1 aromatic rings. The van der Waals surface area contributed by atoms with Crippen LogP contribution in [-0.4, -0.2) is 24.3 Å². The smallest absolute Gasteiger partial charge is 0.336 e. The summed E-state index contributed by atoms with van der Waals surface area (Å²) in [6.45, 7) is 0.544. The van der Waals surface area contributed by atoms with Gasteiger partial charge in [-0.25, -0.2) is 13.6 Å². The maximum absolute atomic E-state index is 12.6. The Kier molecular flexibility index (Phi) is 2.64. The molecule has 0 spiro atoms. The van der Waals surface area contributed by atoms with Crippen molar-refractivity contribution in [2.75, 3.05) is 13.2 Å². The first kappa shape index (κ1) is 10.7. The summed E-state index contributed by atoms with van der Waals surface area (Å²) in [5.74, 6) is -1.06. The Morgan fingerprint density at radius 1 is 1.25 bits per heavy atom. The second-order valence-corrected chi connectivity index (χ2v) is 3.19. The van der Waals surface area contributed by atoms with Crippen molar-refractivity contribution in [3.05, 3.63) is 23.3 Å². The highest BCUT2D eigenvalue weighted by Crippen LogP contribution is 2.36. The molecule has 1 aliphatic heterocycles. The molecule has 86 valence electrons. The Balaban J connectivity index is 2.54. The zero-order chi connectivity index (χ0) is 11.7. The van der Waals surface area contributed by atoms with Gasteiger partial charge in [0.15, 0.2) is 11.5 Å². The zero-order valence-corrected chi connectivity index (χ0v) is 8.07. The number of alkyl halides is 2. The minimum Gasteiger partial charge on any atom is -0.486 e. The Labute approximate surface area is 89.4 Å². The number of carbonyl (C=O) groups is 1. The van der Waals surface area contributed by atoms with Crippen molar-refractivity contribution < 1.29 is 28.2 Å². The van der Waals surface area contributed by atoms with Crippen LogP contribution in [0.4, 0.5) is 8.78 Å². The van der Waals surface area contributed by atoms with Crippen molar-refractivity contribution in [1.29, 1.82) is 0 Å². The van der Waals surface area contributed by atoms with E-state index in [1.165, 1.54) is 0 Å². The lowest BCUT2D eigenvalue weighted by Gasteiger charge is -2.20. The van der Waals surface area contributed by atoms with E-state index in [1.807, 2.05) is 0 Å². The van der Waals surface area contributed by atoms with Crippen molar-refractivity contribution in [3.8, 4) is 11.5 Å². The van der Waals surface area contributed by atoms with Gasteiger partial charge in [0.1, 0.15) is 13.2 Å². The fourth-order valence-electron chi connectivity index (χ4n) is 1.47. The van der Waals surface area contributed by atoms with Crippen LogP contribution in [0.25, 0.3) is 0 Å². The van der Waals surface area contributed by atoms with Crippen LogP contribution in [0.3, 0.4) is 0 Å². The van der Waals surface area contributed by atoms with E-state index in [1.54, 1.807) is 0 Å². The van der Waals surface area contributed by atoms with Gasteiger partial charge >= 0.3 is 5.97 Å². The number of hydrogen-bond donors (Lipinski definition) is 1. The molecule has 1 N–H and O–H groups in total. The molecule has 6 heteroatoms. The lowest BCUT2D eigenvalue weighted by molar-refractivity contribution is 0.0682. The van der Waals surface area contributed by atoms with Crippen LogP contribution < -0.4 is 9.47 Å². The average molecular weight is 230 g/mol. The van der Waals surface area contributed by atoms with Crippen molar-refractivity contribution in [2.45, 2.75) is 6.43 Å². The summed E-state index contributed by atoms with van der Waals surface area (Å²) in [7, 11) is 0. The van der Waals surface area contributed by atoms with Crippen LogP contribution in [0.1, 0.15) is 22.3 Å². The quantitative estimate of drug-likeness (QED) is 0.845. The summed E-state index contributed by atoms with van der Waals surface area (Å²) >= 11 is 0. The van der Waals surface area contributed by atoms with Crippen LogP contribution in [0.2, 0.25) is 0 Å². The van der Waals surface area contributed by atoms with Crippen LogP contribution >= 0.6 is 0 Å². The lowest BCUT2D eigenvalue weighted by Crippen LogP contribution is -2.17. The third-order valence-electron chi connectivity index (χ3n) is 2.18. The first-order valence-electron chi connectivity index (χ1n) is 4.54. The third kappa shape index (κ3) is 1.78.